The number of hydrogen-bond donors (Lipinski definition) is 2. The Labute approximate surface area is 170 Å². The van der Waals surface area contributed by atoms with E-state index in [4.69, 9.17) is 0 Å². The molecule has 7 heteroatoms. The standard InChI is InChI=1S/C22H27F2N3O2/c1-4-11-27(14-22(29)26-20-8-6-5-7-15(20)2)13-21(28)25-16(3)18-10-9-17(23)12-19(18)24/h5-10,12,16H,4,11,13-14H2,1-3H3,(H,25,28)(H,26,29)/t16-/m0/s1. The maximum Gasteiger partial charge on any atom is 0.238 e. The Morgan fingerprint density at radius 1 is 1.07 bits per heavy atom. The predicted molar refractivity (Wildman–Crippen MR) is 109 cm³/mol. The zero-order valence-electron chi connectivity index (χ0n) is 17.0. The monoisotopic (exact) mass is 403 g/mol. The van der Waals surface area contributed by atoms with Crippen LogP contribution in [0.15, 0.2) is 42.5 Å². The van der Waals surface area contributed by atoms with E-state index >= 15 is 0 Å². The first-order valence-corrected chi connectivity index (χ1v) is 9.62. The van der Waals surface area contributed by atoms with Gasteiger partial charge < -0.3 is 10.6 Å². The summed E-state index contributed by atoms with van der Waals surface area (Å²) in [6.45, 7) is 6.12. The summed E-state index contributed by atoms with van der Waals surface area (Å²) in [6, 6.07) is 10.1. The smallest absolute Gasteiger partial charge is 0.238 e. The number of halogens is 2. The van der Waals surface area contributed by atoms with Gasteiger partial charge in [-0.2, -0.15) is 0 Å². The van der Waals surface area contributed by atoms with Crippen LogP contribution >= 0.6 is 0 Å². The van der Waals surface area contributed by atoms with Gasteiger partial charge in [0, 0.05) is 17.3 Å². The van der Waals surface area contributed by atoms with E-state index in [-0.39, 0.29) is 30.5 Å². The van der Waals surface area contributed by atoms with Crippen LogP contribution in [0.4, 0.5) is 14.5 Å². The van der Waals surface area contributed by atoms with Gasteiger partial charge in [0.25, 0.3) is 0 Å². The van der Waals surface area contributed by atoms with Gasteiger partial charge in [0.05, 0.1) is 19.1 Å². The fourth-order valence-electron chi connectivity index (χ4n) is 3.06. The second kappa shape index (κ2) is 10.7. The summed E-state index contributed by atoms with van der Waals surface area (Å²) in [4.78, 5) is 26.5. The van der Waals surface area contributed by atoms with Crippen molar-refractivity contribution in [3.05, 3.63) is 65.2 Å². The Balaban J connectivity index is 1.93. The molecule has 0 aliphatic heterocycles. The van der Waals surface area contributed by atoms with Crippen molar-refractivity contribution < 1.29 is 18.4 Å². The van der Waals surface area contributed by atoms with Crippen molar-refractivity contribution in [2.75, 3.05) is 25.0 Å². The van der Waals surface area contributed by atoms with Gasteiger partial charge in [-0.3, -0.25) is 14.5 Å². The number of anilines is 1. The summed E-state index contributed by atoms with van der Waals surface area (Å²) in [5.41, 5.74) is 1.90. The minimum absolute atomic E-state index is 0.00217. The predicted octanol–water partition coefficient (Wildman–Crippen LogP) is 3.80. The number of hydrogen-bond acceptors (Lipinski definition) is 3. The summed E-state index contributed by atoms with van der Waals surface area (Å²) < 4.78 is 27.0. The van der Waals surface area contributed by atoms with Crippen LogP contribution in [-0.2, 0) is 9.59 Å². The van der Waals surface area contributed by atoms with Crippen LogP contribution < -0.4 is 10.6 Å². The lowest BCUT2D eigenvalue weighted by Crippen LogP contribution is -2.42. The average Bonchev–Trinajstić information content (AvgIpc) is 2.63. The van der Waals surface area contributed by atoms with Crippen molar-refractivity contribution in [2.24, 2.45) is 0 Å². The van der Waals surface area contributed by atoms with E-state index in [2.05, 4.69) is 10.6 Å². The Bertz CT molecular complexity index is 858. The summed E-state index contributed by atoms with van der Waals surface area (Å²) in [7, 11) is 0. The van der Waals surface area contributed by atoms with Crippen LogP contribution in [0, 0.1) is 18.6 Å². The lowest BCUT2D eigenvalue weighted by atomic mass is 10.1. The molecule has 0 fully saturated rings. The van der Waals surface area contributed by atoms with Crippen molar-refractivity contribution in [1.82, 2.24) is 10.2 Å². The van der Waals surface area contributed by atoms with Crippen LogP contribution in [0.2, 0.25) is 0 Å². The van der Waals surface area contributed by atoms with E-state index in [0.29, 0.717) is 6.54 Å². The number of para-hydroxylation sites is 1. The summed E-state index contributed by atoms with van der Waals surface area (Å²) in [6.07, 6.45) is 0.771. The molecule has 0 radical (unpaired) electrons. The van der Waals surface area contributed by atoms with E-state index in [1.165, 1.54) is 6.07 Å². The minimum Gasteiger partial charge on any atom is -0.348 e. The molecule has 2 rings (SSSR count). The van der Waals surface area contributed by atoms with E-state index in [9.17, 15) is 18.4 Å². The van der Waals surface area contributed by atoms with Crippen LogP contribution in [0.1, 0.15) is 37.4 Å². The van der Waals surface area contributed by atoms with Crippen LogP contribution in [0.25, 0.3) is 0 Å². The summed E-state index contributed by atoms with van der Waals surface area (Å²) >= 11 is 0. The van der Waals surface area contributed by atoms with Gasteiger partial charge in [-0.05, 0) is 44.5 Å². The third-order valence-corrected chi connectivity index (χ3v) is 4.50. The van der Waals surface area contributed by atoms with Crippen LogP contribution in [0.3, 0.4) is 0 Å². The number of carbonyl (C=O) groups is 2. The SMILES string of the molecule is CCCN(CC(=O)Nc1ccccc1C)CC(=O)N[C@@H](C)c1ccc(F)cc1F. The Kier molecular flexibility index (Phi) is 8.27. The molecule has 0 aliphatic carbocycles. The van der Waals surface area contributed by atoms with E-state index in [0.717, 1.165) is 29.8 Å². The van der Waals surface area contributed by atoms with Crippen molar-refractivity contribution in [2.45, 2.75) is 33.2 Å². The second-order valence-electron chi connectivity index (χ2n) is 7.03. The number of rotatable bonds is 9. The molecule has 0 saturated carbocycles. The van der Waals surface area contributed by atoms with E-state index in [1.807, 2.05) is 38.1 Å². The molecular formula is C22H27F2N3O2. The van der Waals surface area contributed by atoms with Gasteiger partial charge >= 0.3 is 0 Å². The number of nitrogens with one attached hydrogen (secondary N) is 2. The van der Waals surface area contributed by atoms with Gasteiger partial charge in [0.15, 0.2) is 0 Å². The molecule has 0 aromatic heterocycles. The van der Waals surface area contributed by atoms with Gasteiger partial charge in [-0.15, -0.1) is 0 Å². The average molecular weight is 403 g/mol. The lowest BCUT2D eigenvalue weighted by molar-refractivity contribution is -0.124. The zero-order valence-corrected chi connectivity index (χ0v) is 17.0. The number of benzene rings is 2. The molecule has 0 aliphatic rings. The number of carbonyl (C=O) groups excluding carboxylic acids is 2. The molecule has 0 heterocycles. The zero-order chi connectivity index (χ0) is 21.4. The van der Waals surface area contributed by atoms with Crippen molar-refractivity contribution >= 4 is 17.5 Å². The molecule has 0 spiro atoms. The molecule has 2 aromatic rings. The lowest BCUT2D eigenvalue weighted by Gasteiger charge is -2.22. The van der Waals surface area contributed by atoms with Crippen molar-refractivity contribution in [3.8, 4) is 0 Å². The Morgan fingerprint density at radius 3 is 2.41 bits per heavy atom. The molecule has 2 N–H and O–H groups in total. The number of nitrogens with zero attached hydrogens (tertiary/aromatic N) is 1. The number of aryl methyl sites for hydroxylation is 1. The molecule has 2 amide bonds. The highest BCUT2D eigenvalue weighted by Gasteiger charge is 2.18. The molecule has 29 heavy (non-hydrogen) atoms. The third-order valence-electron chi connectivity index (χ3n) is 4.50. The topological polar surface area (TPSA) is 61.4 Å². The first kappa shape index (κ1) is 22.5. The second-order valence-corrected chi connectivity index (χ2v) is 7.03. The molecule has 1 atom stereocenters. The first-order chi connectivity index (χ1) is 13.8. The minimum atomic E-state index is -0.708. The largest absolute Gasteiger partial charge is 0.348 e. The number of amides is 2. The van der Waals surface area contributed by atoms with Gasteiger partial charge in [-0.25, -0.2) is 8.78 Å². The molecule has 0 saturated heterocycles. The quantitative estimate of drug-likeness (QED) is 0.670. The molecule has 156 valence electrons. The molecular weight excluding hydrogens is 376 g/mol. The van der Waals surface area contributed by atoms with Crippen molar-refractivity contribution in [1.29, 1.82) is 0 Å². The third kappa shape index (κ3) is 6.94. The van der Waals surface area contributed by atoms with Gasteiger partial charge in [0.1, 0.15) is 11.6 Å². The molecule has 0 unspecified atom stereocenters. The molecule has 5 nitrogen and oxygen atoms in total. The Hall–Kier alpha value is -2.80. The maximum atomic E-state index is 13.9. The summed E-state index contributed by atoms with van der Waals surface area (Å²) in [5.74, 6) is -1.92. The van der Waals surface area contributed by atoms with E-state index < -0.39 is 17.7 Å². The normalized spacial score (nSPS) is 11.9. The Morgan fingerprint density at radius 2 is 1.76 bits per heavy atom. The molecule has 0 bridgehead atoms. The van der Waals surface area contributed by atoms with Crippen molar-refractivity contribution in [3.63, 3.8) is 0 Å². The maximum absolute atomic E-state index is 13.9. The van der Waals surface area contributed by atoms with Crippen LogP contribution in [0.5, 0.6) is 0 Å². The highest BCUT2D eigenvalue weighted by molar-refractivity contribution is 5.93. The van der Waals surface area contributed by atoms with Crippen LogP contribution in [-0.4, -0.2) is 36.3 Å². The van der Waals surface area contributed by atoms with E-state index in [1.54, 1.807) is 11.8 Å². The van der Waals surface area contributed by atoms with Gasteiger partial charge in [-0.1, -0.05) is 31.2 Å². The fraction of sp³-hybridized carbons (Fsp3) is 0.364. The fourth-order valence-corrected chi connectivity index (χ4v) is 3.06. The highest BCUT2D eigenvalue weighted by atomic mass is 19.1. The molecule has 2 aromatic carbocycles. The van der Waals surface area contributed by atoms with Gasteiger partial charge in [0.2, 0.25) is 11.8 Å². The summed E-state index contributed by atoms with van der Waals surface area (Å²) in [5, 5.41) is 5.56. The highest BCUT2D eigenvalue weighted by Crippen LogP contribution is 2.17. The first-order valence-electron chi connectivity index (χ1n) is 9.62.